The van der Waals surface area contributed by atoms with E-state index in [9.17, 15) is 13.2 Å². The number of sulfonamides is 1. The zero-order valence-electron chi connectivity index (χ0n) is 16.8. The molecule has 0 saturated carbocycles. The number of benzene rings is 3. The van der Waals surface area contributed by atoms with E-state index in [1.165, 1.54) is 18.3 Å². The number of aryl methyl sites for hydroxylation is 2. The van der Waals surface area contributed by atoms with E-state index in [1.54, 1.807) is 42.5 Å². The highest BCUT2D eigenvalue weighted by Gasteiger charge is 2.26. The van der Waals surface area contributed by atoms with Crippen LogP contribution < -0.4 is 9.73 Å². The van der Waals surface area contributed by atoms with Crippen LogP contribution in [0.5, 0.6) is 0 Å². The molecule has 0 heterocycles. The van der Waals surface area contributed by atoms with E-state index >= 15 is 0 Å². The van der Waals surface area contributed by atoms with Crippen LogP contribution in [0.4, 0.5) is 5.69 Å². The first kappa shape index (κ1) is 21.3. The van der Waals surface area contributed by atoms with Crippen LogP contribution in [-0.2, 0) is 14.8 Å². The molecule has 3 aromatic carbocycles. The van der Waals surface area contributed by atoms with Crippen LogP contribution in [0.25, 0.3) is 0 Å². The van der Waals surface area contributed by atoms with Crippen LogP contribution in [0.3, 0.4) is 0 Å². The molecule has 0 radical (unpaired) electrons. The fourth-order valence-electron chi connectivity index (χ4n) is 2.84. The highest BCUT2D eigenvalue weighted by molar-refractivity contribution is 7.92. The summed E-state index contributed by atoms with van der Waals surface area (Å²) >= 11 is 0. The Labute approximate surface area is 176 Å². The molecule has 0 bridgehead atoms. The fraction of sp³-hybridized carbons (Fsp3) is 0.130. The van der Waals surface area contributed by atoms with Gasteiger partial charge in [0.25, 0.3) is 15.9 Å². The van der Waals surface area contributed by atoms with Crippen molar-refractivity contribution < 1.29 is 13.2 Å². The number of carbonyl (C=O) groups is 1. The molecule has 6 nitrogen and oxygen atoms in total. The minimum atomic E-state index is -3.92. The van der Waals surface area contributed by atoms with Gasteiger partial charge in [-0.05, 0) is 43.7 Å². The van der Waals surface area contributed by atoms with Crippen LogP contribution in [0.2, 0.25) is 0 Å². The lowest BCUT2D eigenvalue weighted by Gasteiger charge is -2.23. The first-order valence-corrected chi connectivity index (χ1v) is 10.8. The Balaban J connectivity index is 1.82. The zero-order valence-corrected chi connectivity index (χ0v) is 17.6. The van der Waals surface area contributed by atoms with E-state index in [0.717, 1.165) is 21.0 Å². The van der Waals surface area contributed by atoms with Gasteiger partial charge in [0.15, 0.2) is 0 Å². The van der Waals surface area contributed by atoms with Gasteiger partial charge in [-0.2, -0.15) is 5.10 Å². The van der Waals surface area contributed by atoms with Gasteiger partial charge in [0.05, 0.1) is 16.8 Å². The molecule has 0 saturated heterocycles. The van der Waals surface area contributed by atoms with Gasteiger partial charge in [-0.3, -0.25) is 9.10 Å². The zero-order chi connectivity index (χ0) is 21.6. The molecule has 0 aliphatic carbocycles. The van der Waals surface area contributed by atoms with Crippen molar-refractivity contribution in [3.63, 3.8) is 0 Å². The van der Waals surface area contributed by atoms with Gasteiger partial charge in [0, 0.05) is 0 Å². The topological polar surface area (TPSA) is 78.8 Å². The number of carbonyl (C=O) groups excluding carboxylic acids is 1. The largest absolute Gasteiger partial charge is 0.271 e. The number of hydrogen-bond acceptors (Lipinski definition) is 4. The van der Waals surface area contributed by atoms with Crippen LogP contribution in [0, 0.1) is 13.8 Å². The molecule has 154 valence electrons. The van der Waals surface area contributed by atoms with Crippen LogP contribution in [0.1, 0.15) is 16.7 Å². The Bertz CT molecular complexity index is 1140. The molecule has 0 unspecified atom stereocenters. The van der Waals surface area contributed by atoms with Crippen LogP contribution >= 0.6 is 0 Å². The van der Waals surface area contributed by atoms with E-state index < -0.39 is 22.5 Å². The molecule has 1 amide bonds. The third kappa shape index (κ3) is 5.33. The molecule has 0 aliphatic heterocycles. The van der Waals surface area contributed by atoms with Gasteiger partial charge in [-0.1, -0.05) is 65.7 Å². The minimum absolute atomic E-state index is 0.113. The second-order valence-electron chi connectivity index (χ2n) is 6.87. The molecule has 3 aromatic rings. The average molecular weight is 422 g/mol. The molecule has 7 heteroatoms. The van der Waals surface area contributed by atoms with E-state index in [1.807, 2.05) is 38.1 Å². The average Bonchev–Trinajstić information content (AvgIpc) is 2.73. The first-order valence-electron chi connectivity index (χ1n) is 9.39. The second kappa shape index (κ2) is 9.37. The van der Waals surface area contributed by atoms with Gasteiger partial charge in [-0.15, -0.1) is 0 Å². The molecule has 0 aromatic heterocycles. The molecule has 30 heavy (non-hydrogen) atoms. The van der Waals surface area contributed by atoms with Crippen molar-refractivity contribution in [3.05, 3.63) is 95.6 Å². The predicted octanol–water partition coefficient (Wildman–Crippen LogP) is 3.65. The monoisotopic (exact) mass is 421 g/mol. The maximum absolute atomic E-state index is 13.2. The molecular formula is C23H23N3O3S. The summed E-state index contributed by atoms with van der Waals surface area (Å²) < 4.78 is 27.5. The van der Waals surface area contributed by atoms with E-state index in [4.69, 9.17) is 0 Å². The van der Waals surface area contributed by atoms with E-state index in [2.05, 4.69) is 10.5 Å². The summed E-state index contributed by atoms with van der Waals surface area (Å²) in [6, 6.07) is 22.6. The summed E-state index contributed by atoms with van der Waals surface area (Å²) in [5.74, 6) is -0.543. The molecule has 0 fully saturated rings. The first-order chi connectivity index (χ1) is 14.4. The lowest BCUT2D eigenvalue weighted by molar-refractivity contribution is -0.119. The Morgan fingerprint density at radius 1 is 0.933 bits per heavy atom. The fourth-order valence-corrected chi connectivity index (χ4v) is 4.28. The smallest absolute Gasteiger partial charge is 0.264 e. The number of rotatable bonds is 7. The third-order valence-electron chi connectivity index (χ3n) is 4.39. The van der Waals surface area contributed by atoms with Crippen LogP contribution in [-0.4, -0.2) is 27.1 Å². The van der Waals surface area contributed by atoms with Crippen LogP contribution in [0.15, 0.2) is 88.9 Å². The van der Waals surface area contributed by atoms with Crippen molar-refractivity contribution in [3.8, 4) is 0 Å². The van der Waals surface area contributed by atoms with Gasteiger partial charge in [-0.25, -0.2) is 13.8 Å². The Morgan fingerprint density at radius 2 is 1.63 bits per heavy atom. The van der Waals surface area contributed by atoms with Crippen molar-refractivity contribution in [2.24, 2.45) is 5.10 Å². The van der Waals surface area contributed by atoms with Gasteiger partial charge >= 0.3 is 0 Å². The summed E-state index contributed by atoms with van der Waals surface area (Å²) in [4.78, 5) is 12.6. The predicted molar refractivity (Wildman–Crippen MR) is 119 cm³/mol. The van der Waals surface area contributed by atoms with E-state index in [-0.39, 0.29) is 4.90 Å². The normalized spacial score (nSPS) is 11.4. The third-order valence-corrected chi connectivity index (χ3v) is 6.17. The quantitative estimate of drug-likeness (QED) is 0.467. The van der Waals surface area contributed by atoms with E-state index in [0.29, 0.717) is 5.69 Å². The van der Waals surface area contributed by atoms with Gasteiger partial charge < -0.3 is 0 Å². The lowest BCUT2D eigenvalue weighted by Crippen LogP contribution is -2.39. The number of hydrazone groups is 1. The number of amides is 1. The maximum atomic E-state index is 13.2. The Morgan fingerprint density at radius 3 is 2.30 bits per heavy atom. The summed E-state index contributed by atoms with van der Waals surface area (Å²) in [5.41, 5.74) is 5.71. The summed E-state index contributed by atoms with van der Waals surface area (Å²) in [7, 11) is -3.92. The van der Waals surface area contributed by atoms with Crippen molar-refractivity contribution in [1.29, 1.82) is 0 Å². The maximum Gasteiger partial charge on any atom is 0.264 e. The number of nitrogens with zero attached hydrogens (tertiary/aromatic N) is 2. The molecule has 0 atom stereocenters. The number of hydrogen-bond donors (Lipinski definition) is 1. The minimum Gasteiger partial charge on any atom is -0.271 e. The van der Waals surface area contributed by atoms with Crippen molar-refractivity contribution in [2.45, 2.75) is 18.7 Å². The van der Waals surface area contributed by atoms with Crippen molar-refractivity contribution >= 4 is 27.8 Å². The lowest BCUT2D eigenvalue weighted by atomic mass is 10.2. The summed E-state index contributed by atoms with van der Waals surface area (Å²) in [5, 5.41) is 3.95. The Hall–Kier alpha value is -3.45. The Kier molecular flexibility index (Phi) is 6.64. The number of nitrogens with one attached hydrogen (secondary N) is 1. The SMILES string of the molecule is Cc1ccc(N(CC(=O)NN=Cc2cccc(C)c2)S(=O)(=O)c2ccccc2)cc1. The molecule has 1 N–H and O–H groups in total. The second-order valence-corrected chi connectivity index (χ2v) is 8.73. The standard InChI is InChI=1S/C23H23N3O3S/c1-18-11-13-21(14-12-18)26(30(28,29)22-9-4-3-5-10-22)17-23(27)25-24-16-20-8-6-7-19(2)15-20/h3-16H,17H2,1-2H3,(H,25,27). The molecule has 0 spiro atoms. The summed E-state index contributed by atoms with van der Waals surface area (Å²) in [6.07, 6.45) is 1.52. The molecule has 0 aliphatic rings. The van der Waals surface area contributed by atoms with Gasteiger partial charge in [0.1, 0.15) is 6.54 Å². The van der Waals surface area contributed by atoms with Crippen molar-refractivity contribution in [1.82, 2.24) is 5.43 Å². The molecule has 3 rings (SSSR count). The highest BCUT2D eigenvalue weighted by Crippen LogP contribution is 2.23. The van der Waals surface area contributed by atoms with Crippen molar-refractivity contribution in [2.75, 3.05) is 10.8 Å². The summed E-state index contributed by atoms with van der Waals surface area (Å²) in [6.45, 7) is 3.47. The van der Waals surface area contributed by atoms with Gasteiger partial charge in [0.2, 0.25) is 0 Å². The number of anilines is 1. The molecular weight excluding hydrogens is 398 g/mol. The highest BCUT2D eigenvalue weighted by atomic mass is 32.2.